The molecule has 1 spiro atoms. The molecule has 0 bridgehead atoms. The predicted octanol–water partition coefficient (Wildman–Crippen LogP) is 2.15. The average molecular weight is 206 g/mol. The van der Waals surface area contributed by atoms with Crippen LogP contribution < -0.4 is 5.32 Å². The predicted molar refractivity (Wildman–Crippen MR) is 64.7 cm³/mol. The van der Waals surface area contributed by atoms with E-state index >= 15 is 0 Å². The summed E-state index contributed by atoms with van der Waals surface area (Å²) >= 11 is 0. The molecule has 0 unspecified atom stereocenters. The van der Waals surface area contributed by atoms with E-state index in [-0.39, 0.29) is 0 Å². The fourth-order valence-electron chi connectivity index (χ4n) is 2.48. The lowest BCUT2D eigenvalue weighted by molar-refractivity contribution is -0.0141. The van der Waals surface area contributed by atoms with Crippen molar-refractivity contribution >= 4 is 0 Å². The summed E-state index contributed by atoms with van der Waals surface area (Å²) in [7, 11) is 0. The van der Waals surface area contributed by atoms with Crippen LogP contribution in [-0.4, -0.2) is 31.1 Å². The maximum Gasteiger partial charge on any atom is 0.0322 e. The molecule has 0 amide bonds. The van der Waals surface area contributed by atoms with E-state index in [9.17, 15) is 0 Å². The highest BCUT2D eigenvalue weighted by Crippen LogP contribution is 2.37. The summed E-state index contributed by atoms with van der Waals surface area (Å²) in [5.74, 6) is 0. The second-order valence-electron chi connectivity index (χ2n) is 4.57. The molecule has 0 atom stereocenters. The molecule has 2 fully saturated rings. The lowest BCUT2D eigenvalue weighted by Gasteiger charge is -2.57. The van der Waals surface area contributed by atoms with Crippen LogP contribution in [0, 0.1) is 5.41 Å². The van der Waals surface area contributed by atoms with Gasteiger partial charge in [-0.25, -0.2) is 0 Å². The maximum atomic E-state index is 3.36. The van der Waals surface area contributed by atoms with Crippen LogP contribution in [0.1, 0.15) is 26.7 Å². The largest absolute Gasteiger partial charge is 0.370 e. The van der Waals surface area contributed by atoms with Crippen molar-refractivity contribution in [3.05, 3.63) is 23.9 Å². The summed E-state index contributed by atoms with van der Waals surface area (Å²) in [6.07, 6.45) is 9.40. The minimum Gasteiger partial charge on any atom is -0.370 e. The molecule has 3 rings (SSSR count). The van der Waals surface area contributed by atoms with Gasteiger partial charge >= 0.3 is 0 Å². The molecule has 3 aliphatic rings. The average Bonchev–Trinajstić information content (AvgIpc) is 2.18. The lowest BCUT2D eigenvalue weighted by atomic mass is 9.74. The Labute approximate surface area is 93.0 Å². The monoisotopic (exact) mass is 206 g/mol. The summed E-state index contributed by atoms with van der Waals surface area (Å²) < 4.78 is 0. The van der Waals surface area contributed by atoms with Gasteiger partial charge in [-0.3, -0.25) is 0 Å². The highest BCUT2D eigenvalue weighted by molar-refractivity contribution is 5.25. The van der Waals surface area contributed by atoms with Gasteiger partial charge in [-0.2, -0.15) is 0 Å². The number of hydrogen-bond acceptors (Lipinski definition) is 2. The molecular weight excluding hydrogens is 184 g/mol. The standard InChI is InChI=1S/C11H16N2.C2H6/c1-2-4-10(5-3-1)13-8-11(9-13)6-12-7-11;1-2/h2,4-5,12H,1,3,6-9H2;1-2H3. The zero-order chi connectivity index (χ0) is 10.7. The SMILES string of the molecule is C1=CC(N2CC3(CNC3)C2)=CCC1.CC. The van der Waals surface area contributed by atoms with Crippen LogP contribution in [0.2, 0.25) is 0 Å². The summed E-state index contributed by atoms with van der Waals surface area (Å²) in [4.78, 5) is 2.51. The van der Waals surface area contributed by atoms with Crippen LogP contribution in [-0.2, 0) is 0 Å². The Balaban J connectivity index is 0.000000404. The summed E-state index contributed by atoms with van der Waals surface area (Å²) in [5, 5.41) is 3.36. The zero-order valence-corrected chi connectivity index (χ0v) is 9.92. The third-order valence-electron chi connectivity index (χ3n) is 3.39. The fourth-order valence-corrected chi connectivity index (χ4v) is 2.48. The van der Waals surface area contributed by atoms with Crippen LogP contribution in [0.5, 0.6) is 0 Å². The molecular formula is C13H22N2. The normalized spacial score (nSPS) is 26.0. The summed E-state index contributed by atoms with van der Waals surface area (Å²) in [5.41, 5.74) is 2.12. The van der Waals surface area contributed by atoms with E-state index in [1.807, 2.05) is 13.8 Å². The first-order chi connectivity index (χ1) is 7.38. The zero-order valence-electron chi connectivity index (χ0n) is 9.92. The van der Waals surface area contributed by atoms with Crippen molar-refractivity contribution in [2.75, 3.05) is 26.2 Å². The molecule has 2 nitrogen and oxygen atoms in total. The molecule has 84 valence electrons. The van der Waals surface area contributed by atoms with Gasteiger partial charge in [0.1, 0.15) is 0 Å². The molecule has 2 aliphatic heterocycles. The van der Waals surface area contributed by atoms with Crippen molar-refractivity contribution < 1.29 is 0 Å². The van der Waals surface area contributed by atoms with Crippen LogP contribution in [0.3, 0.4) is 0 Å². The first-order valence-corrected chi connectivity index (χ1v) is 6.20. The first kappa shape index (κ1) is 10.7. The van der Waals surface area contributed by atoms with Crippen molar-refractivity contribution in [1.29, 1.82) is 0 Å². The van der Waals surface area contributed by atoms with E-state index in [0.717, 1.165) is 0 Å². The highest BCUT2D eigenvalue weighted by Gasteiger charge is 2.47. The number of allylic oxidation sites excluding steroid dienone is 3. The molecule has 0 saturated carbocycles. The quantitative estimate of drug-likeness (QED) is 0.707. The third kappa shape index (κ3) is 1.96. The third-order valence-corrected chi connectivity index (χ3v) is 3.39. The Bertz CT molecular complexity index is 266. The Morgan fingerprint density at radius 3 is 2.40 bits per heavy atom. The molecule has 2 heterocycles. The van der Waals surface area contributed by atoms with E-state index in [4.69, 9.17) is 0 Å². The summed E-state index contributed by atoms with van der Waals surface area (Å²) in [6.45, 7) is 9.02. The van der Waals surface area contributed by atoms with Crippen LogP contribution >= 0.6 is 0 Å². The van der Waals surface area contributed by atoms with Gasteiger partial charge in [0, 0.05) is 37.3 Å². The Kier molecular flexibility index (Phi) is 3.15. The molecule has 2 heteroatoms. The van der Waals surface area contributed by atoms with E-state index in [2.05, 4.69) is 28.4 Å². The molecule has 2 saturated heterocycles. The van der Waals surface area contributed by atoms with Crippen molar-refractivity contribution in [1.82, 2.24) is 10.2 Å². The number of rotatable bonds is 1. The van der Waals surface area contributed by atoms with Gasteiger partial charge in [0.05, 0.1) is 0 Å². The molecule has 0 aromatic carbocycles. The number of likely N-dealkylation sites (tertiary alicyclic amines) is 1. The van der Waals surface area contributed by atoms with Gasteiger partial charge in [-0.05, 0) is 18.9 Å². The number of nitrogens with zero attached hydrogens (tertiary/aromatic N) is 1. The van der Waals surface area contributed by atoms with Crippen molar-refractivity contribution in [2.45, 2.75) is 26.7 Å². The van der Waals surface area contributed by atoms with E-state index in [1.165, 1.54) is 44.7 Å². The molecule has 0 aromatic heterocycles. The van der Waals surface area contributed by atoms with E-state index in [0.29, 0.717) is 5.41 Å². The number of hydrogen-bond donors (Lipinski definition) is 1. The van der Waals surface area contributed by atoms with Gasteiger partial charge in [-0.1, -0.05) is 26.0 Å². The number of nitrogens with one attached hydrogen (secondary N) is 1. The van der Waals surface area contributed by atoms with Crippen LogP contribution in [0.25, 0.3) is 0 Å². The molecule has 0 aromatic rings. The fraction of sp³-hybridized carbons (Fsp3) is 0.692. The van der Waals surface area contributed by atoms with Crippen LogP contribution in [0.15, 0.2) is 23.9 Å². The lowest BCUT2D eigenvalue weighted by Crippen LogP contribution is -2.70. The van der Waals surface area contributed by atoms with Gasteiger partial charge in [0.25, 0.3) is 0 Å². The van der Waals surface area contributed by atoms with Crippen molar-refractivity contribution in [2.24, 2.45) is 5.41 Å². The van der Waals surface area contributed by atoms with E-state index < -0.39 is 0 Å². The van der Waals surface area contributed by atoms with Gasteiger partial charge in [0.2, 0.25) is 0 Å². The first-order valence-electron chi connectivity index (χ1n) is 6.20. The molecule has 0 radical (unpaired) electrons. The Hall–Kier alpha value is -0.760. The second kappa shape index (κ2) is 4.40. The Morgan fingerprint density at radius 1 is 1.20 bits per heavy atom. The summed E-state index contributed by atoms with van der Waals surface area (Å²) in [6, 6.07) is 0. The van der Waals surface area contributed by atoms with Gasteiger partial charge < -0.3 is 10.2 Å². The van der Waals surface area contributed by atoms with E-state index in [1.54, 1.807) is 0 Å². The van der Waals surface area contributed by atoms with Gasteiger partial charge in [0.15, 0.2) is 0 Å². The highest BCUT2D eigenvalue weighted by atomic mass is 15.3. The smallest absolute Gasteiger partial charge is 0.0322 e. The molecule has 1 N–H and O–H groups in total. The minimum absolute atomic E-state index is 0.659. The molecule has 1 aliphatic carbocycles. The van der Waals surface area contributed by atoms with Crippen molar-refractivity contribution in [3.8, 4) is 0 Å². The maximum absolute atomic E-state index is 3.36. The molecule has 15 heavy (non-hydrogen) atoms. The topological polar surface area (TPSA) is 15.3 Å². The van der Waals surface area contributed by atoms with Crippen LogP contribution in [0.4, 0.5) is 0 Å². The Morgan fingerprint density at radius 2 is 1.93 bits per heavy atom. The van der Waals surface area contributed by atoms with Crippen molar-refractivity contribution in [3.63, 3.8) is 0 Å². The minimum atomic E-state index is 0.659. The van der Waals surface area contributed by atoms with Gasteiger partial charge in [-0.15, -0.1) is 0 Å². The second-order valence-corrected chi connectivity index (χ2v) is 4.57.